The first-order valence-corrected chi connectivity index (χ1v) is 8.06. The summed E-state index contributed by atoms with van der Waals surface area (Å²) in [6.45, 7) is 10.7. The Hall–Kier alpha value is -1.51. The van der Waals surface area contributed by atoms with Crippen LogP contribution < -0.4 is 10.6 Å². The van der Waals surface area contributed by atoms with Crippen LogP contribution in [0.5, 0.6) is 0 Å². The molecule has 0 radical (unpaired) electrons. The van der Waals surface area contributed by atoms with Gasteiger partial charge in [-0.3, -0.25) is 4.79 Å². The van der Waals surface area contributed by atoms with Gasteiger partial charge in [-0.25, -0.2) is 0 Å². The number of anilines is 1. The molecule has 3 heteroatoms. The van der Waals surface area contributed by atoms with Gasteiger partial charge < -0.3 is 10.6 Å². The summed E-state index contributed by atoms with van der Waals surface area (Å²) >= 11 is 0. The minimum atomic E-state index is 0.01000. The fraction of sp³-hybridized carbons (Fsp3) is 0.611. The number of para-hydroxylation sites is 1. The molecule has 1 atom stereocenters. The van der Waals surface area contributed by atoms with Gasteiger partial charge in [-0.15, -0.1) is 0 Å². The minimum Gasteiger partial charge on any atom is -0.382 e. The highest BCUT2D eigenvalue weighted by Crippen LogP contribution is 2.16. The lowest BCUT2D eigenvalue weighted by Crippen LogP contribution is -2.33. The molecule has 21 heavy (non-hydrogen) atoms. The Morgan fingerprint density at radius 1 is 1.05 bits per heavy atom. The Balaban J connectivity index is 2.58. The van der Waals surface area contributed by atoms with Gasteiger partial charge in [0.25, 0.3) is 5.91 Å². The van der Waals surface area contributed by atoms with Crippen LogP contribution in [0.15, 0.2) is 24.3 Å². The molecule has 1 aromatic carbocycles. The molecule has 1 rings (SSSR count). The molecular weight excluding hydrogens is 260 g/mol. The number of rotatable bonds is 8. The second-order valence-corrected chi connectivity index (χ2v) is 6.54. The number of hydrogen-bond acceptors (Lipinski definition) is 2. The lowest BCUT2D eigenvalue weighted by Gasteiger charge is -2.18. The first-order valence-electron chi connectivity index (χ1n) is 8.06. The third-order valence-corrected chi connectivity index (χ3v) is 3.41. The van der Waals surface area contributed by atoms with Crippen molar-refractivity contribution in [3.63, 3.8) is 0 Å². The van der Waals surface area contributed by atoms with E-state index < -0.39 is 0 Å². The van der Waals surface area contributed by atoms with Gasteiger partial charge in [0.15, 0.2) is 0 Å². The van der Waals surface area contributed by atoms with Gasteiger partial charge >= 0.3 is 0 Å². The molecule has 0 saturated heterocycles. The van der Waals surface area contributed by atoms with E-state index in [4.69, 9.17) is 0 Å². The van der Waals surface area contributed by atoms with Crippen LogP contribution in [0, 0.1) is 5.92 Å². The molecule has 0 aliphatic heterocycles. The van der Waals surface area contributed by atoms with Gasteiger partial charge in [-0.1, -0.05) is 38.8 Å². The highest BCUT2D eigenvalue weighted by molar-refractivity contribution is 5.99. The molecule has 0 saturated carbocycles. The number of benzene rings is 1. The van der Waals surface area contributed by atoms with Crippen LogP contribution in [0.4, 0.5) is 5.69 Å². The SMILES string of the molecule is CC(C)CCCC(C)NC(=O)c1ccccc1NC(C)C. The quantitative estimate of drug-likeness (QED) is 0.742. The number of carbonyl (C=O) groups is 1. The normalized spacial score (nSPS) is 12.5. The van der Waals surface area contributed by atoms with Crippen molar-refractivity contribution in [2.75, 3.05) is 5.32 Å². The number of carbonyl (C=O) groups excluding carboxylic acids is 1. The minimum absolute atomic E-state index is 0.01000. The molecule has 118 valence electrons. The average Bonchev–Trinajstić information content (AvgIpc) is 2.37. The van der Waals surface area contributed by atoms with E-state index in [9.17, 15) is 4.79 Å². The van der Waals surface area contributed by atoms with Crippen LogP contribution in [0.3, 0.4) is 0 Å². The summed E-state index contributed by atoms with van der Waals surface area (Å²) in [5, 5.41) is 6.43. The molecule has 0 aromatic heterocycles. The van der Waals surface area contributed by atoms with Crippen LogP contribution >= 0.6 is 0 Å². The van der Waals surface area contributed by atoms with E-state index in [1.54, 1.807) is 0 Å². The zero-order chi connectivity index (χ0) is 15.8. The second-order valence-electron chi connectivity index (χ2n) is 6.54. The lowest BCUT2D eigenvalue weighted by molar-refractivity contribution is 0.0938. The molecule has 3 nitrogen and oxygen atoms in total. The molecule has 0 fully saturated rings. The maximum absolute atomic E-state index is 12.4. The number of amides is 1. The molecule has 0 heterocycles. The van der Waals surface area contributed by atoms with E-state index in [-0.39, 0.29) is 11.9 Å². The van der Waals surface area contributed by atoms with Crippen molar-refractivity contribution in [1.82, 2.24) is 5.32 Å². The molecule has 1 aromatic rings. The summed E-state index contributed by atoms with van der Waals surface area (Å²) < 4.78 is 0. The van der Waals surface area contributed by atoms with E-state index in [1.165, 1.54) is 6.42 Å². The van der Waals surface area contributed by atoms with Crippen LogP contribution in [0.1, 0.15) is 64.2 Å². The smallest absolute Gasteiger partial charge is 0.253 e. The van der Waals surface area contributed by atoms with E-state index in [2.05, 4.69) is 45.3 Å². The third kappa shape index (κ3) is 6.65. The Morgan fingerprint density at radius 3 is 2.33 bits per heavy atom. The molecule has 1 amide bonds. The van der Waals surface area contributed by atoms with E-state index >= 15 is 0 Å². The third-order valence-electron chi connectivity index (χ3n) is 3.41. The van der Waals surface area contributed by atoms with Crippen LogP contribution in [-0.2, 0) is 0 Å². The monoisotopic (exact) mass is 290 g/mol. The first kappa shape index (κ1) is 17.5. The van der Waals surface area contributed by atoms with Crippen LogP contribution in [0.2, 0.25) is 0 Å². The molecule has 0 spiro atoms. The van der Waals surface area contributed by atoms with E-state index in [0.29, 0.717) is 6.04 Å². The summed E-state index contributed by atoms with van der Waals surface area (Å²) in [5.74, 6) is 0.736. The van der Waals surface area contributed by atoms with Gasteiger partial charge in [0.2, 0.25) is 0 Å². The fourth-order valence-electron chi connectivity index (χ4n) is 2.32. The summed E-state index contributed by atoms with van der Waals surface area (Å²) in [4.78, 5) is 12.4. The molecule has 0 aliphatic carbocycles. The topological polar surface area (TPSA) is 41.1 Å². The predicted octanol–water partition coefficient (Wildman–Crippen LogP) is 4.45. The zero-order valence-electron chi connectivity index (χ0n) is 14.1. The number of hydrogen-bond donors (Lipinski definition) is 2. The van der Waals surface area contributed by atoms with E-state index in [0.717, 1.165) is 30.0 Å². The fourth-order valence-corrected chi connectivity index (χ4v) is 2.32. The van der Waals surface area contributed by atoms with Gasteiger partial charge in [-0.2, -0.15) is 0 Å². The molecule has 2 N–H and O–H groups in total. The van der Waals surface area contributed by atoms with Gasteiger partial charge in [0.05, 0.1) is 5.56 Å². The molecule has 0 aliphatic rings. The first-order chi connectivity index (χ1) is 9.90. The molecule has 1 unspecified atom stereocenters. The van der Waals surface area contributed by atoms with Crippen molar-refractivity contribution < 1.29 is 4.79 Å². The molecular formula is C18H30N2O. The number of nitrogens with one attached hydrogen (secondary N) is 2. The summed E-state index contributed by atoms with van der Waals surface area (Å²) in [6.07, 6.45) is 3.40. The highest BCUT2D eigenvalue weighted by atomic mass is 16.1. The second kappa shape index (κ2) is 8.71. The van der Waals surface area contributed by atoms with Crippen molar-refractivity contribution in [3.8, 4) is 0 Å². The van der Waals surface area contributed by atoms with Gasteiger partial charge in [0, 0.05) is 17.8 Å². The van der Waals surface area contributed by atoms with E-state index in [1.807, 2.05) is 24.3 Å². The highest BCUT2D eigenvalue weighted by Gasteiger charge is 2.13. The summed E-state index contributed by atoms with van der Waals surface area (Å²) in [6, 6.07) is 8.21. The predicted molar refractivity (Wildman–Crippen MR) is 90.8 cm³/mol. The standard InChI is InChI=1S/C18H30N2O/c1-13(2)9-8-10-15(5)20-18(21)16-11-6-7-12-17(16)19-14(3)4/h6-7,11-15,19H,8-10H2,1-5H3,(H,20,21). The van der Waals surface area contributed by atoms with Gasteiger partial charge in [0.1, 0.15) is 0 Å². The lowest BCUT2D eigenvalue weighted by atomic mass is 10.0. The molecule has 0 bridgehead atoms. The Kier molecular flexibility index (Phi) is 7.27. The van der Waals surface area contributed by atoms with Crippen LogP contribution in [0.25, 0.3) is 0 Å². The largest absolute Gasteiger partial charge is 0.382 e. The summed E-state index contributed by atoms with van der Waals surface area (Å²) in [5.41, 5.74) is 1.63. The van der Waals surface area contributed by atoms with Crippen molar-refractivity contribution in [2.24, 2.45) is 5.92 Å². The Bertz CT molecular complexity index is 441. The zero-order valence-corrected chi connectivity index (χ0v) is 14.1. The Morgan fingerprint density at radius 2 is 1.71 bits per heavy atom. The van der Waals surface area contributed by atoms with Crippen molar-refractivity contribution in [2.45, 2.75) is 66.0 Å². The van der Waals surface area contributed by atoms with Crippen molar-refractivity contribution in [1.29, 1.82) is 0 Å². The average molecular weight is 290 g/mol. The van der Waals surface area contributed by atoms with Gasteiger partial charge in [-0.05, 0) is 45.2 Å². The van der Waals surface area contributed by atoms with Crippen molar-refractivity contribution >= 4 is 11.6 Å². The van der Waals surface area contributed by atoms with Crippen molar-refractivity contribution in [3.05, 3.63) is 29.8 Å². The maximum atomic E-state index is 12.4. The summed E-state index contributed by atoms with van der Waals surface area (Å²) in [7, 11) is 0. The maximum Gasteiger partial charge on any atom is 0.253 e. The van der Waals surface area contributed by atoms with Crippen LogP contribution in [-0.4, -0.2) is 18.0 Å². The Labute approximate surface area is 129 Å².